The molecule has 36 heavy (non-hydrogen) atoms. The first kappa shape index (κ1) is 24.9. The maximum atomic E-state index is 12.5. The molecule has 13 heteroatoms. The van der Waals surface area contributed by atoms with Crippen molar-refractivity contribution in [2.24, 2.45) is 5.73 Å². The van der Waals surface area contributed by atoms with Crippen LogP contribution in [0.3, 0.4) is 0 Å². The SMILES string of the molecule is NC(=O)c1c(Nc2cc(Cl)c(N3CCNCC3)c(Cl)c2)nc(Cc2c(Cl)cccc2Cl)n2cnnc12. The highest BCUT2D eigenvalue weighted by molar-refractivity contribution is 6.39. The van der Waals surface area contributed by atoms with E-state index >= 15 is 0 Å². The summed E-state index contributed by atoms with van der Waals surface area (Å²) in [6.07, 6.45) is 1.71. The summed E-state index contributed by atoms with van der Waals surface area (Å²) < 4.78 is 1.58. The molecule has 0 unspecified atom stereocenters. The molecule has 0 spiro atoms. The molecule has 0 radical (unpaired) electrons. The Labute approximate surface area is 226 Å². The van der Waals surface area contributed by atoms with Crippen LogP contribution < -0.4 is 21.3 Å². The fourth-order valence-electron chi connectivity index (χ4n) is 4.21. The van der Waals surface area contributed by atoms with Gasteiger partial charge in [-0.3, -0.25) is 9.20 Å². The van der Waals surface area contributed by atoms with Crippen LogP contribution in [0.2, 0.25) is 20.1 Å². The maximum absolute atomic E-state index is 12.5. The van der Waals surface area contributed by atoms with Gasteiger partial charge < -0.3 is 21.3 Å². The van der Waals surface area contributed by atoms with Crippen molar-refractivity contribution in [2.45, 2.75) is 6.42 Å². The summed E-state index contributed by atoms with van der Waals surface area (Å²) in [6, 6.07) is 8.71. The first-order valence-electron chi connectivity index (χ1n) is 11.0. The van der Waals surface area contributed by atoms with Crippen molar-refractivity contribution in [3.05, 3.63) is 73.7 Å². The minimum absolute atomic E-state index is 0.0694. The van der Waals surface area contributed by atoms with Gasteiger partial charge >= 0.3 is 0 Å². The van der Waals surface area contributed by atoms with Gasteiger partial charge in [-0.1, -0.05) is 52.5 Å². The first-order chi connectivity index (χ1) is 17.3. The number of nitrogens with one attached hydrogen (secondary N) is 2. The highest BCUT2D eigenvalue weighted by Crippen LogP contribution is 2.38. The monoisotopic (exact) mass is 564 g/mol. The molecule has 186 valence electrons. The van der Waals surface area contributed by atoms with Gasteiger partial charge in [0.1, 0.15) is 23.5 Å². The van der Waals surface area contributed by atoms with Crippen molar-refractivity contribution in [1.82, 2.24) is 24.9 Å². The first-order valence-corrected chi connectivity index (χ1v) is 12.5. The van der Waals surface area contributed by atoms with E-state index in [1.807, 2.05) is 0 Å². The van der Waals surface area contributed by atoms with Crippen LogP contribution in [0.15, 0.2) is 36.7 Å². The van der Waals surface area contributed by atoms with Crippen LogP contribution in [0.5, 0.6) is 0 Å². The number of primary amides is 1. The largest absolute Gasteiger partial charge is 0.367 e. The minimum atomic E-state index is -0.722. The summed E-state index contributed by atoms with van der Waals surface area (Å²) in [5, 5.41) is 16.4. The molecule has 1 aliphatic rings. The molecule has 1 fully saturated rings. The Morgan fingerprint density at radius 2 is 1.72 bits per heavy atom. The molecule has 0 aliphatic carbocycles. The molecule has 2 aromatic carbocycles. The van der Waals surface area contributed by atoms with Gasteiger partial charge in [0.25, 0.3) is 5.91 Å². The lowest BCUT2D eigenvalue weighted by Crippen LogP contribution is -2.43. The zero-order chi connectivity index (χ0) is 25.4. The Hall–Kier alpha value is -2.82. The van der Waals surface area contributed by atoms with Gasteiger partial charge in [0.2, 0.25) is 0 Å². The standard InChI is InChI=1S/C23H20Cl4N8O/c24-14-2-1-3-15(25)13(14)10-18-32-22(19(21(28)36)23-33-30-11-35(18)23)31-12-8-16(26)20(17(27)9-12)34-6-4-29-5-7-34/h1-3,8-9,11,29,31H,4-7,10H2,(H2,28,36). The fourth-order valence-corrected chi connectivity index (χ4v) is 5.46. The summed E-state index contributed by atoms with van der Waals surface area (Å²) in [4.78, 5) is 19.3. The second kappa shape index (κ2) is 10.3. The summed E-state index contributed by atoms with van der Waals surface area (Å²) in [5.74, 6) is -0.0460. The molecule has 1 amide bonds. The summed E-state index contributed by atoms with van der Waals surface area (Å²) in [6.45, 7) is 3.26. The van der Waals surface area contributed by atoms with Gasteiger partial charge in [0.05, 0.1) is 15.7 Å². The van der Waals surface area contributed by atoms with Crippen LogP contribution in [0.25, 0.3) is 5.65 Å². The molecule has 0 saturated carbocycles. The lowest BCUT2D eigenvalue weighted by atomic mass is 10.1. The number of carbonyl (C=O) groups excluding carboxylic acids is 1. The van der Waals surface area contributed by atoms with E-state index in [4.69, 9.17) is 52.1 Å². The molecular formula is C23H20Cl4N8O. The second-order valence-electron chi connectivity index (χ2n) is 8.17. The molecule has 5 rings (SSSR count). The number of carbonyl (C=O) groups is 1. The van der Waals surface area contributed by atoms with Crippen LogP contribution >= 0.6 is 46.4 Å². The van der Waals surface area contributed by atoms with Crippen molar-refractivity contribution in [3.8, 4) is 0 Å². The highest BCUT2D eigenvalue weighted by Gasteiger charge is 2.23. The minimum Gasteiger partial charge on any atom is -0.367 e. The Morgan fingerprint density at radius 1 is 1.06 bits per heavy atom. The Balaban J connectivity index is 1.58. The molecule has 4 aromatic rings. The topological polar surface area (TPSA) is 113 Å². The number of hydrogen-bond acceptors (Lipinski definition) is 7. The predicted octanol–water partition coefficient (Wildman–Crippen LogP) is 4.58. The predicted molar refractivity (Wildman–Crippen MR) is 143 cm³/mol. The van der Waals surface area contributed by atoms with E-state index in [0.717, 1.165) is 31.9 Å². The average Bonchev–Trinajstić information content (AvgIpc) is 3.31. The number of nitrogens with zero attached hydrogens (tertiary/aromatic N) is 5. The van der Waals surface area contributed by atoms with E-state index in [1.54, 1.807) is 34.7 Å². The normalized spacial score (nSPS) is 13.8. The van der Waals surface area contributed by atoms with Gasteiger partial charge in [-0.2, -0.15) is 0 Å². The summed E-state index contributed by atoms with van der Waals surface area (Å²) >= 11 is 26.0. The second-order valence-corrected chi connectivity index (χ2v) is 9.80. The molecule has 9 nitrogen and oxygen atoms in total. The smallest absolute Gasteiger partial charge is 0.256 e. The third kappa shape index (κ3) is 4.77. The van der Waals surface area contributed by atoms with E-state index in [-0.39, 0.29) is 23.4 Å². The number of amides is 1. The van der Waals surface area contributed by atoms with E-state index in [2.05, 4.69) is 30.7 Å². The van der Waals surface area contributed by atoms with Crippen LogP contribution in [0, 0.1) is 0 Å². The third-order valence-electron chi connectivity index (χ3n) is 5.88. The number of rotatable bonds is 6. The number of fused-ring (bicyclic) bond motifs is 1. The van der Waals surface area contributed by atoms with Gasteiger partial charge in [0.15, 0.2) is 5.65 Å². The van der Waals surface area contributed by atoms with E-state index in [0.29, 0.717) is 37.2 Å². The van der Waals surface area contributed by atoms with Crippen LogP contribution in [0.4, 0.5) is 17.2 Å². The maximum Gasteiger partial charge on any atom is 0.256 e. The third-order valence-corrected chi connectivity index (χ3v) is 7.17. The number of nitrogens with two attached hydrogens (primary N) is 1. The molecule has 1 aliphatic heterocycles. The van der Waals surface area contributed by atoms with E-state index < -0.39 is 5.91 Å². The highest BCUT2D eigenvalue weighted by atomic mass is 35.5. The zero-order valence-electron chi connectivity index (χ0n) is 18.7. The number of benzene rings is 2. The van der Waals surface area contributed by atoms with Crippen LogP contribution in [-0.4, -0.2) is 51.7 Å². The lowest BCUT2D eigenvalue weighted by Gasteiger charge is -2.31. The van der Waals surface area contributed by atoms with Crippen molar-refractivity contribution in [1.29, 1.82) is 0 Å². The number of aromatic nitrogens is 4. The number of hydrogen-bond donors (Lipinski definition) is 3. The van der Waals surface area contributed by atoms with Crippen molar-refractivity contribution >= 4 is 75.2 Å². The number of halogens is 4. The van der Waals surface area contributed by atoms with Gasteiger partial charge in [0, 0.05) is 48.3 Å². The van der Waals surface area contributed by atoms with Gasteiger partial charge in [-0.15, -0.1) is 10.2 Å². The van der Waals surface area contributed by atoms with Crippen molar-refractivity contribution in [3.63, 3.8) is 0 Å². The summed E-state index contributed by atoms with van der Waals surface area (Å²) in [5.41, 5.74) is 8.00. The molecule has 1 saturated heterocycles. The number of piperazine rings is 1. The molecule has 4 N–H and O–H groups in total. The molecule has 2 aromatic heterocycles. The Kier molecular flexibility index (Phi) is 7.09. The molecule has 0 bridgehead atoms. The lowest BCUT2D eigenvalue weighted by molar-refractivity contribution is 0.100. The van der Waals surface area contributed by atoms with Gasteiger partial charge in [-0.25, -0.2) is 4.98 Å². The van der Waals surface area contributed by atoms with Crippen molar-refractivity contribution < 1.29 is 4.79 Å². The summed E-state index contributed by atoms with van der Waals surface area (Å²) in [7, 11) is 0. The Bertz CT molecular complexity index is 1430. The fraction of sp³-hybridized carbons (Fsp3) is 0.217. The number of anilines is 3. The molecule has 3 heterocycles. The average molecular weight is 566 g/mol. The van der Waals surface area contributed by atoms with Crippen LogP contribution in [0.1, 0.15) is 21.7 Å². The van der Waals surface area contributed by atoms with E-state index in [9.17, 15) is 4.79 Å². The van der Waals surface area contributed by atoms with E-state index in [1.165, 1.54) is 6.33 Å². The molecular weight excluding hydrogens is 546 g/mol. The van der Waals surface area contributed by atoms with Crippen molar-refractivity contribution in [2.75, 3.05) is 36.4 Å². The molecule has 0 atom stereocenters. The van der Waals surface area contributed by atoms with Gasteiger partial charge in [-0.05, 0) is 29.8 Å². The van der Waals surface area contributed by atoms with Crippen LogP contribution in [-0.2, 0) is 6.42 Å². The Morgan fingerprint density at radius 3 is 2.36 bits per heavy atom. The quantitative estimate of drug-likeness (QED) is 0.313. The zero-order valence-corrected chi connectivity index (χ0v) is 21.8.